The van der Waals surface area contributed by atoms with Crippen molar-refractivity contribution in [1.29, 1.82) is 5.41 Å². The van der Waals surface area contributed by atoms with Crippen LogP contribution in [0.4, 0.5) is 0 Å². The number of nitrogens with one attached hydrogen (secondary N) is 2. The topological polar surface area (TPSA) is 96.8 Å². The van der Waals surface area contributed by atoms with E-state index in [9.17, 15) is 4.79 Å². The summed E-state index contributed by atoms with van der Waals surface area (Å²) in [6.45, 7) is 1.98. The van der Waals surface area contributed by atoms with Gasteiger partial charge in [0, 0.05) is 23.2 Å². The molecule has 0 atom stereocenters. The van der Waals surface area contributed by atoms with Crippen LogP contribution in [0.2, 0.25) is 0 Å². The Morgan fingerprint density at radius 2 is 1.96 bits per heavy atom. The third-order valence-corrected chi connectivity index (χ3v) is 4.34. The number of nitrogens with zero attached hydrogens (tertiary/aromatic N) is 2. The number of hydrogen-bond donors (Lipinski definition) is 3. The number of hydrogen-bond acceptors (Lipinski definition) is 3. The minimum atomic E-state index is -0.398. The minimum Gasteiger partial charge on any atom is -0.370 e. The summed E-state index contributed by atoms with van der Waals surface area (Å²) < 4.78 is 1.98. The molecule has 0 saturated heterocycles. The second-order valence-corrected chi connectivity index (χ2v) is 6.15. The number of nitrogens with two attached hydrogens (primary N) is 1. The molecule has 0 spiro atoms. The molecule has 0 aliphatic rings. The van der Waals surface area contributed by atoms with Crippen LogP contribution in [0.1, 0.15) is 15.9 Å². The maximum absolute atomic E-state index is 12.5. The van der Waals surface area contributed by atoms with E-state index in [0.29, 0.717) is 5.56 Å². The van der Waals surface area contributed by atoms with Crippen molar-refractivity contribution >= 4 is 33.7 Å². The average Bonchev–Trinajstić information content (AvgIpc) is 2.99. The molecule has 128 valence electrons. The molecule has 4 rings (SSSR count). The first kappa shape index (κ1) is 15.8. The zero-order valence-electron chi connectivity index (χ0n) is 14.2. The van der Waals surface area contributed by atoms with Crippen LogP contribution in [0.3, 0.4) is 0 Å². The minimum absolute atomic E-state index is 0.377. The van der Waals surface area contributed by atoms with Gasteiger partial charge in [0.05, 0.1) is 22.3 Å². The van der Waals surface area contributed by atoms with Crippen molar-refractivity contribution in [3.8, 4) is 5.69 Å². The number of para-hydroxylation sites is 1. The van der Waals surface area contributed by atoms with Gasteiger partial charge in [-0.25, -0.2) is 0 Å². The number of pyridine rings is 1. The van der Waals surface area contributed by atoms with Crippen molar-refractivity contribution in [2.75, 3.05) is 0 Å². The van der Waals surface area contributed by atoms with Crippen LogP contribution in [0.5, 0.6) is 0 Å². The number of carbonyl (C=O) groups excluding carboxylic acids is 1. The normalized spacial score (nSPS) is 11.0. The van der Waals surface area contributed by atoms with Crippen LogP contribution >= 0.6 is 0 Å². The van der Waals surface area contributed by atoms with Crippen molar-refractivity contribution in [2.45, 2.75) is 6.92 Å². The van der Waals surface area contributed by atoms with E-state index in [1.54, 1.807) is 12.4 Å². The van der Waals surface area contributed by atoms with Gasteiger partial charge in [0.2, 0.25) is 0 Å². The van der Waals surface area contributed by atoms with E-state index < -0.39 is 5.91 Å². The SMILES string of the molecule is Cc1ccc2c(c1)c(C(=O)NC(=N)N)cn2-c1ccnc2ccccc12. The highest BCUT2D eigenvalue weighted by atomic mass is 16.1. The van der Waals surface area contributed by atoms with Crippen LogP contribution in [-0.2, 0) is 0 Å². The summed E-state index contributed by atoms with van der Waals surface area (Å²) in [5, 5.41) is 11.5. The zero-order valence-corrected chi connectivity index (χ0v) is 14.2. The van der Waals surface area contributed by atoms with E-state index in [-0.39, 0.29) is 5.96 Å². The number of amides is 1. The molecule has 0 radical (unpaired) electrons. The fraction of sp³-hybridized carbons (Fsp3) is 0.0500. The van der Waals surface area contributed by atoms with Gasteiger partial charge in [-0.1, -0.05) is 29.8 Å². The molecule has 1 amide bonds. The molecule has 2 aromatic carbocycles. The lowest BCUT2D eigenvalue weighted by molar-refractivity contribution is 0.0978. The number of aromatic nitrogens is 2. The number of aryl methyl sites for hydroxylation is 1. The van der Waals surface area contributed by atoms with Crippen LogP contribution < -0.4 is 11.1 Å². The van der Waals surface area contributed by atoms with Crippen LogP contribution in [0.15, 0.2) is 60.9 Å². The Labute approximate surface area is 149 Å². The van der Waals surface area contributed by atoms with E-state index in [2.05, 4.69) is 10.3 Å². The quantitative estimate of drug-likeness (QED) is 0.385. The van der Waals surface area contributed by atoms with Gasteiger partial charge < -0.3 is 10.3 Å². The summed E-state index contributed by atoms with van der Waals surface area (Å²) in [5.41, 5.74) is 9.58. The van der Waals surface area contributed by atoms with Crippen molar-refractivity contribution in [3.63, 3.8) is 0 Å². The van der Waals surface area contributed by atoms with Gasteiger partial charge in [0.15, 0.2) is 5.96 Å². The molecule has 0 saturated carbocycles. The Morgan fingerprint density at radius 3 is 2.77 bits per heavy atom. The van der Waals surface area contributed by atoms with E-state index >= 15 is 0 Å². The Morgan fingerprint density at radius 1 is 1.15 bits per heavy atom. The summed E-state index contributed by atoms with van der Waals surface area (Å²) in [5.74, 6) is -0.775. The van der Waals surface area contributed by atoms with Gasteiger partial charge >= 0.3 is 0 Å². The molecular weight excluding hydrogens is 326 g/mol. The Balaban J connectivity index is 2.01. The average molecular weight is 343 g/mol. The molecular formula is C20H17N5O. The lowest BCUT2D eigenvalue weighted by atomic mass is 10.1. The monoisotopic (exact) mass is 343 g/mol. The van der Waals surface area contributed by atoms with Gasteiger partial charge in [-0.2, -0.15) is 0 Å². The van der Waals surface area contributed by atoms with Crippen LogP contribution in [-0.4, -0.2) is 21.4 Å². The van der Waals surface area contributed by atoms with Crippen LogP contribution in [0, 0.1) is 12.3 Å². The molecule has 4 N–H and O–H groups in total. The Hall–Kier alpha value is -3.67. The Kier molecular flexibility index (Phi) is 3.65. The molecule has 2 aromatic heterocycles. The summed E-state index contributed by atoms with van der Waals surface area (Å²) in [7, 11) is 0. The first-order valence-corrected chi connectivity index (χ1v) is 8.16. The summed E-state index contributed by atoms with van der Waals surface area (Å²) in [4.78, 5) is 16.9. The number of carbonyl (C=O) groups is 1. The van der Waals surface area contributed by atoms with E-state index in [1.165, 1.54) is 0 Å². The number of benzene rings is 2. The van der Waals surface area contributed by atoms with Crippen molar-refractivity contribution in [2.24, 2.45) is 5.73 Å². The van der Waals surface area contributed by atoms with Gasteiger partial charge in [0.1, 0.15) is 0 Å². The predicted octanol–water partition coefficient (Wildman–Crippen LogP) is 3.11. The van der Waals surface area contributed by atoms with Crippen molar-refractivity contribution in [1.82, 2.24) is 14.9 Å². The Bertz CT molecular complexity index is 1170. The largest absolute Gasteiger partial charge is 0.370 e. The second kappa shape index (κ2) is 6.00. The third-order valence-electron chi connectivity index (χ3n) is 4.34. The van der Waals surface area contributed by atoms with Gasteiger partial charge in [0.25, 0.3) is 5.91 Å². The zero-order chi connectivity index (χ0) is 18.3. The third kappa shape index (κ3) is 2.57. The van der Waals surface area contributed by atoms with Crippen molar-refractivity contribution < 1.29 is 4.79 Å². The molecule has 2 heterocycles. The number of guanidine groups is 1. The second-order valence-electron chi connectivity index (χ2n) is 6.15. The molecule has 4 aromatic rings. The summed E-state index contributed by atoms with van der Waals surface area (Å²) >= 11 is 0. The summed E-state index contributed by atoms with van der Waals surface area (Å²) in [6, 6.07) is 15.8. The maximum Gasteiger partial charge on any atom is 0.260 e. The molecule has 6 heteroatoms. The number of rotatable bonds is 2. The molecule has 0 aliphatic carbocycles. The highest BCUT2D eigenvalue weighted by Gasteiger charge is 2.17. The van der Waals surface area contributed by atoms with E-state index in [4.69, 9.17) is 11.1 Å². The molecule has 0 aliphatic heterocycles. The van der Waals surface area contributed by atoms with Crippen molar-refractivity contribution in [3.05, 3.63) is 72.1 Å². The molecule has 0 fully saturated rings. The maximum atomic E-state index is 12.5. The lowest BCUT2D eigenvalue weighted by Gasteiger charge is -2.09. The van der Waals surface area contributed by atoms with E-state index in [1.807, 2.05) is 60.0 Å². The fourth-order valence-corrected chi connectivity index (χ4v) is 3.20. The molecule has 6 nitrogen and oxygen atoms in total. The smallest absolute Gasteiger partial charge is 0.260 e. The predicted molar refractivity (Wildman–Crippen MR) is 103 cm³/mol. The first-order valence-electron chi connectivity index (χ1n) is 8.16. The molecule has 26 heavy (non-hydrogen) atoms. The van der Waals surface area contributed by atoms with Gasteiger partial charge in [-0.3, -0.25) is 20.5 Å². The molecule has 0 unspecified atom stereocenters. The van der Waals surface area contributed by atoms with Crippen LogP contribution in [0.25, 0.3) is 27.5 Å². The van der Waals surface area contributed by atoms with E-state index in [0.717, 1.165) is 33.1 Å². The fourth-order valence-electron chi connectivity index (χ4n) is 3.20. The van der Waals surface area contributed by atoms with Gasteiger partial charge in [-0.15, -0.1) is 0 Å². The molecule has 0 bridgehead atoms. The summed E-state index contributed by atoms with van der Waals surface area (Å²) in [6.07, 6.45) is 3.54. The number of fused-ring (bicyclic) bond motifs is 2. The highest BCUT2D eigenvalue weighted by molar-refractivity contribution is 6.12. The standard InChI is InChI=1S/C20H17N5O/c1-12-6-7-17-14(10-12)15(19(26)24-20(21)22)11-25(17)18-8-9-23-16-5-3-2-4-13(16)18/h2-11H,1H3,(H4,21,22,24,26). The lowest BCUT2D eigenvalue weighted by Crippen LogP contribution is -2.35. The highest BCUT2D eigenvalue weighted by Crippen LogP contribution is 2.29. The first-order chi connectivity index (χ1) is 12.5. The van der Waals surface area contributed by atoms with Gasteiger partial charge in [-0.05, 0) is 31.2 Å².